The molecule has 0 spiro atoms. The summed E-state index contributed by atoms with van der Waals surface area (Å²) >= 11 is 0. The van der Waals surface area contributed by atoms with E-state index >= 15 is 0 Å². The molecule has 0 aromatic heterocycles. The fourth-order valence-electron chi connectivity index (χ4n) is 0.832. The van der Waals surface area contributed by atoms with Crippen LogP contribution in [-0.2, 0) is 0 Å². The molecule has 0 amide bonds. The molecule has 0 radical (unpaired) electrons. The van der Waals surface area contributed by atoms with Crippen LogP contribution in [0.5, 0.6) is 0 Å². The molecule has 2 rings (SSSR count). The Bertz CT molecular complexity index is 218. The molecule has 0 N–H and O–H groups in total. The molecular formula is C8H5BrMg. The average molecular weight is 205 g/mol. The minimum absolute atomic E-state index is 0. The largest absolute Gasteiger partial charge is 2.00 e. The number of fused-ring (bicyclic) bond motifs is 1. The standard InChI is InChI=1S/C8H5.BrH.Mg/c1-2-4-8-6-5-7(8)3-1;;/h1-5H;1H;/q-1;;+2/p-1. The van der Waals surface area contributed by atoms with Crippen molar-refractivity contribution in [3.05, 3.63) is 41.5 Å². The van der Waals surface area contributed by atoms with Crippen molar-refractivity contribution < 1.29 is 17.0 Å². The Morgan fingerprint density at radius 3 is 2.10 bits per heavy atom. The van der Waals surface area contributed by atoms with E-state index in [1.54, 1.807) is 0 Å². The first kappa shape index (κ1) is 10.2. The van der Waals surface area contributed by atoms with Crippen LogP contribution in [-0.4, -0.2) is 23.1 Å². The van der Waals surface area contributed by atoms with Gasteiger partial charge in [-0.15, -0.1) is 35.4 Å². The monoisotopic (exact) mass is 204 g/mol. The molecule has 1 aromatic rings. The minimum atomic E-state index is 0. The van der Waals surface area contributed by atoms with Crippen LogP contribution in [0.15, 0.2) is 24.3 Å². The van der Waals surface area contributed by atoms with Gasteiger partial charge in [0.2, 0.25) is 0 Å². The molecule has 1 aliphatic carbocycles. The Morgan fingerprint density at radius 2 is 1.80 bits per heavy atom. The molecule has 0 nitrogen and oxygen atoms in total. The van der Waals surface area contributed by atoms with Crippen molar-refractivity contribution in [1.82, 2.24) is 0 Å². The van der Waals surface area contributed by atoms with E-state index in [0.717, 1.165) is 0 Å². The molecule has 10 heavy (non-hydrogen) atoms. The van der Waals surface area contributed by atoms with Gasteiger partial charge in [-0.3, -0.25) is 0 Å². The molecule has 0 aliphatic heterocycles. The number of halogens is 1. The van der Waals surface area contributed by atoms with Gasteiger partial charge in [0.25, 0.3) is 0 Å². The van der Waals surface area contributed by atoms with Gasteiger partial charge in [0.1, 0.15) is 0 Å². The molecule has 0 heterocycles. The van der Waals surface area contributed by atoms with Gasteiger partial charge in [0, 0.05) is 0 Å². The Labute approximate surface area is 87.2 Å². The Morgan fingerprint density at radius 1 is 1.10 bits per heavy atom. The molecule has 0 fully saturated rings. The van der Waals surface area contributed by atoms with Crippen LogP contribution >= 0.6 is 0 Å². The zero-order chi connectivity index (χ0) is 5.40. The molecule has 0 bridgehead atoms. The molecule has 1 aromatic carbocycles. The summed E-state index contributed by atoms with van der Waals surface area (Å²) in [5.74, 6) is 0. The first-order chi connectivity index (χ1) is 3.97. The maximum absolute atomic E-state index is 3.06. The zero-order valence-electron chi connectivity index (χ0n) is 5.47. The Kier molecular flexibility index (Phi) is 4.25. The molecule has 0 saturated carbocycles. The zero-order valence-corrected chi connectivity index (χ0v) is 8.47. The average Bonchev–Trinajstić information content (AvgIpc) is 1.72. The summed E-state index contributed by atoms with van der Waals surface area (Å²) in [6.45, 7) is 0. The smallest absolute Gasteiger partial charge is 1.00 e. The summed E-state index contributed by atoms with van der Waals surface area (Å²) in [6.07, 6.45) is 5.06. The third kappa shape index (κ3) is 1.62. The van der Waals surface area contributed by atoms with Crippen LogP contribution in [0.1, 0.15) is 11.1 Å². The van der Waals surface area contributed by atoms with Crippen LogP contribution in [0.2, 0.25) is 0 Å². The molecule has 1 aliphatic rings. The van der Waals surface area contributed by atoms with E-state index in [9.17, 15) is 0 Å². The summed E-state index contributed by atoms with van der Waals surface area (Å²) in [7, 11) is 0. The van der Waals surface area contributed by atoms with Gasteiger partial charge in [0.15, 0.2) is 0 Å². The summed E-state index contributed by atoms with van der Waals surface area (Å²) in [4.78, 5) is 0. The van der Waals surface area contributed by atoms with Crippen LogP contribution in [0.25, 0.3) is 6.08 Å². The van der Waals surface area contributed by atoms with Crippen LogP contribution in [0.4, 0.5) is 0 Å². The summed E-state index contributed by atoms with van der Waals surface area (Å²) in [6, 6.07) is 8.22. The Balaban J connectivity index is 0.000000405. The van der Waals surface area contributed by atoms with E-state index < -0.39 is 0 Å². The van der Waals surface area contributed by atoms with Crippen LogP contribution < -0.4 is 17.0 Å². The second-order valence-corrected chi connectivity index (χ2v) is 1.88. The number of benzene rings is 1. The first-order valence-corrected chi connectivity index (χ1v) is 2.65. The third-order valence-electron chi connectivity index (χ3n) is 1.34. The van der Waals surface area contributed by atoms with Crippen molar-refractivity contribution in [2.24, 2.45) is 0 Å². The van der Waals surface area contributed by atoms with Gasteiger partial charge in [0.05, 0.1) is 0 Å². The second kappa shape index (κ2) is 4.16. The van der Waals surface area contributed by atoms with Crippen molar-refractivity contribution in [2.75, 3.05) is 0 Å². The topological polar surface area (TPSA) is 0 Å². The second-order valence-electron chi connectivity index (χ2n) is 1.88. The summed E-state index contributed by atoms with van der Waals surface area (Å²) in [5, 5.41) is 0. The van der Waals surface area contributed by atoms with Gasteiger partial charge in [-0.05, 0) is 0 Å². The van der Waals surface area contributed by atoms with Gasteiger partial charge >= 0.3 is 23.1 Å². The molecule has 0 unspecified atom stereocenters. The van der Waals surface area contributed by atoms with Crippen molar-refractivity contribution in [2.45, 2.75) is 0 Å². The fourth-order valence-corrected chi connectivity index (χ4v) is 0.832. The fraction of sp³-hybridized carbons (Fsp3) is 0. The molecule has 0 atom stereocenters. The van der Waals surface area contributed by atoms with Gasteiger partial charge < -0.3 is 17.0 Å². The van der Waals surface area contributed by atoms with E-state index in [2.05, 4.69) is 18.2 Å². The van der Waals surface area contributed by atoms with E-state index in [0.29, 0.717) is 0 Å². The molecule has 0 saturated heterocycles. The minimum Gasteiger partial charge on any atom is -1.00 e. The maximum Gasteiger partial charge on any atom is 2.00 e. The SMILES string of the molecule is [Br-].[C-]1=Cc2ccccc21.[Mg+2]. The van der Waals surface area contributed by atoms with Crippen molar-refractivity contribution in [3.8, 4) is 0 Å². The molecule has 2 heteroatoms. The van der Waals surface area contributed by atoms with Crippen molar-refractivity contribution in [1.29, 1.82) is 0 Å². The van der Waals surface area contributed by atoms with Crippen LogP contribution in [0.3, 0.4) is 0 Å². The number of hydrogen-bond acceptors (Lipinski definition) is 0. The van der Waals surface area contributed by atoms with Crippen molar-refractivity contribution in [3.63, 3.8) is 0 Å². The predicted octanol–water partition coefficient (Wildman–Crippen LogP) is -1.51. The Hall–Kier alpha value is 0.206. The van der Waals surface area contributed by atoms with E-state index in [4.69, 9.17) is 0 Å². The molecule has 46 valence electrons. The predicted molar refractivity (Wildman–Crippen MR) is 39.0 cm³/mol. The van der Waals surface area contributed by atoms with E-state index in [-0.39, 0.29) is 40.0 Å². The summed E-state index contributed by atoms with van der Waals surface area (Å²) in [5.41, 5.74) is 2.56. The third-order valence-corrected chi connectivity index (χ3v) is 1.34. The van der Waals surface area contributed by atoms with Crippen molar-refractivity contribution >= 4 is 29.1 Å². The maximum atomic E-state index is 3.06. The number of hydrogen-bond donors (Lipinski definition) is 0. The molecular weight excluding hydrogens is 200 g/mol. The van der Waals surface area contributed by atoms with Crippen LogP contribution in [0, 0.1) is 6.08 Å². The number of rotatable bonds is 0. The summed E-state index contributed by atoms with van der Waals surface area (Å²) < 4.78 is 0. The van der Waals surface area contributed by atoms with Gasteiger partial charge in [-0.1, -0.05) is 12.1 Å². The van der Waals surface area contributed by atoms with E-state index in [1.165, 1.54) is 11.1 Å². The van der Waals surface area contributed by atoms with E-state index in [1.807, 2.05) is 18.2 Å². The van der Waals surface area contributed by atoms with Gasteiger partial charge in [-0.2, -0.15) is 0 Å². The first-order valence-electron chi connectivity index (χ1n) is 2.65. The van der Waals surface area contributed by atoms with Gasteiger partial charge in [-0.25, -0.2) is 0 Å². The normalized spacial score (nSPS) is 10.0. The quantitative estimate of drug-likeness (QED) is 0.362.